The fraction of sp³-hybridized carbons (Fsp3) is 1.00. The van der Waals surface area contributed by atoms with Crippen LogP contribution in [0.15, 0.2) is 0 Å². The first-order chi connectivity index (χ1) is 5.68. The Hall–Kier alpha value is -0.150. The van der Waals surface area contributed by atoms with Gasteiger partial charge < -0.3 is 4.74 Å². The maximum Gasteiger partial charge on any atom is 0.125 e. The first kappa shape index (κ1) is 9.93. The number of ether oxygens (including phenoxy) is 1. The first-order valence-corrected chi connectivity index (χ1v) is 4.66. The first-order valence-electron chi connectivity index (χ1n) is 4.66. The van der Waals surface area contributed by atoms with E-state index in [4.69, 9.17) is 4.74 Å². The molecule has 3 heteroatoms. The number of halogens is 1. The number of nitrogens with zero attached hydrogens (tertiary/aromatic N) is 1. The third-order valence-electron chi connectivity index (χ3n) is 1.98. The minimum atomic E-state index is -0.573. The molecule has 0 amide bonds. The van der Waals surface area contributed by atoms with Crippen LogP contribution in [0.1, 0.15) is 20.3 Å². The maximum atomic E-state index is 12.3. The molecule has 12 heavy (non-hydrogen) atoms. The van der Waals surface area contributed by atoms with Crippen LogP contribution in [-0.2, 0) is 4.74 Å². The lowest BCUT2D eigenvalue weighted by molar-refractivity contribution is 0.0384. The Morgan fingerprint density at radius 2 is 2.17 bits per heavy atom. The summed E-state index contributed by atoms with van der Waals surface area (Å²) in [6, 6.07) is 0. The molecule has 1 aliphatic heterocycles. The third-order valence-corrected chi connectivity index (χ3v) is 1.98. The molecule has 0 aromatic carbocycles. The van der Waals surface area contributed by atoms with Crippen molar-refractivity contribution in [2.24, 2.45) is 0 Å². The molecule has 72 valence electrons. The van der Waals surface area contributed by atoms with E-state index < -0.39 is 6.17 Å². The van der Waals surface area contributed by atoms with Crippen molar-refractivity contribution < 1.29 is 9.13 Å². The Kier molecular flexibility index (Phi) is 3.95. The van der Waals surface area contributed by atoms with Gasteiger partial charge in [0, 0.05) is 26.2 Å². The van der Waals surface area contributed by atoms with E-state index in [9.17, 15) is 4.39 Å². The summed E-state index contributed by atoms with van der Waals surface area (Å²) >= 11 is 0. The quantitative estimate of drug-likeness (QED) is 0.586. The minimum absolute atomic E-state index is 0.315. The molecule has 1 rings (SSSR count). The van der Waals surface area contributed by atoms with Gasteiger partial charge in [-0.05, 0) is 20.3 Å². The third kappa shape index (κ3) is 3.50. The van der Waals surface area contributed by atoms with Crippen LogP contribution in [0, 0.1) is 0 Å². The highest BCUT2D eigenvalue weighted by Gasteiger charge is 2.24. The topological polar surface area (TPSA) is 12.5 Å². The van der Waals surface area contributed by atoms with Crippen molar-refractivity contribution in [3.8, 4) is 0 Å². The van der Waals surface area contributed by atoms with Crippen LogP contribution in [-0.4, -0.2) is 43.4 Å². The molecule has 0 saturated carbocycles. The molecule has 0 N–H and O–H groups in total. The van der Waals surface area contributed by atoms with Gasteiger partial charge >= 0.3 is 0 Å². The molecule has 1 saturated heterocycles. The number of alkyl halides is 1. The summed E-state index contributed by atoms with van der Waals surface area (Å²) in [6.45, 7) is 7.09. The van der Waals surface area contributed by atoms with Crippen LogP contribution >= 0.6 is 0 Å². The monoisotopic (exact) mass is 175 g/mol. The van der Waals surface area contributed by atoms with E-state index in [1.54, 1.807) is 0 Å². The fourth-order valence-corrected chi connectivity index (χ4v) is 1.30. The van der Waals surface area contributed by atoms with Crippen LogP contribution < -0.4 is 0 Å². The zero-order chi connectivity index (χ0) is 8.97. The fourth-order valence-electron chi connectivity index (χ4n) is 1.30. The smallest absolute Gasteiger partial charge is 0.125 e. The second-order valence-electron chi connectivity index (χ2n) is 3.63. The summed E-state index contributed by atoms with van der Waals surface area (Å²) in [4.78, 5) is 2.12. The SMILES string of the molecule is CC(C)OCCCN1CC(F)C1. The molecule has 1 heterocycles. The van der Waals surface area contributed by atoms with Crippen LogP contribution in [0.5, 0.6) is 0 Å². The van der Waals surface area contributed by atoms with Crippen molar-refractivity contribution in [1.82, 2.24) is 4.90 Å². The lowest BCUT2D eigenvalue weighted by Crippen LogP contribution is -2.48. The van der Waals surface area contributed by atoms with Crippen molar-refractivity contribution >= 4 is 0 Å². The van der Waals surface area contributed by atoms with Gasteiger partial charge in [-0.25, -0.2) is 4.39 Å². The summed E-state index contributed by atoms with van der Waals surface area (Å²) in [6.07, 6.45) is 0.761. The summed E-state index contributed by atoms with van der Waals surface area (Å²) in [5.74, 6) is 0. The van der Waals surface area contributed by atoms with E-state index in [0.29, 0.717) is 19.2 Å². The highest BCUT2D eigenvalue weighted by Crippen LogP contribution is 2.10. The van der Waals surface area contributed by atoms with Gasteiger partial charge in [-0.2, -0.15) is 0 Å². The molecule has 0 aromatic heterocycles. The van der Waals surface area contributed by atoms with E-state index in [2.05, 4.69) is 4.90 Å². The standard InChI is InChI=1S/C9H18FNO/c1-8(2)12-5-3-4-11-6-9(10)7-11/h8-9H,3-7H2,1-2H3. The van der Waals surface area contributed by atoms with Crippen LogP contribution in [0.25, 0.3) is 0 Å². The van der Waals surface area contributed by atoms with Gasteiger partial charge in [0.05, 0.1) is 6.10 Å². The van der Waals surface area contributed by atoms with Gasteiger partial charge in [0.2, 0.25) is 0 Å². The van der Waals surface area contributed by atoms with Gasteiger partial charge in [0.25, 0.3) is 0 Å². The van der Waals surface area contributed by atoms with Crippen molar-refractivity contribution in [3.63, 3.8) is 0 Å². The maximum absolute atomic E-state index is 12.3. The van der Waals surface area contributed by atoms with Crippen molar-refractivity contribution in [1.29, 1.82) is 0 Å². The molecule has 0 unspecified atom stereocenters. The normalized spacial score (nSPS) is 20.0. The lowest BCUT2D eigenvalue weighted by atomic mass is 10.2. The Bertz CT molecular complexity index is 124. The van der Waals surface area contributed by atoms with E-state index in [1.807, 2.05) is 13.8 Å². The van der Waals surface area contributed by atoms with Gasteiger partial charge in [-0.15, -0.1) is 0 Å². The van der Waals surface area contributed by atoms with Crippen molar-refractivity contribution in [3.05, 3.63) is 0 Å². The van der Waals surface area contributed by atoms with Crippen LogP contribution in [0.4, 0.5) is 4.39 Å². The van der Waals surface area contributed by atoms with E-state index in [1.165, 1.54) is 0 Å². The molecule has 1 aliphatic rings. The zero-order valence-electron chi connectivity index (χ0n) is 7.92. The van der Waals surface area contributed by atoms with Gasteiger partial charge in [0.1, 0.15) is 6.17 Å². The second kappa shape index (κ2) is 4.77. The number of likely N-dealkylation sites (tertiary alicyclic amines) is 1. The number of rotatable bonds is 5. The zero-order valence-corrected chi connectivity index (χ0v) is 7.92. The molecular weight excluding hydrogens is 157 g/mol. The summed E-state index contributed by atoms with van der Waals surface area (Å²) < 4.78 is 17.7. The van der Waals surface area contributed by atoms with Crippen LogP contribution in [0.3, 0.4) is 0 Å². The Morgan fingerprint density at radius 3 is 2.67 bits per heavy atom. The number of hydrogen-bond donors (Lipinski definition) is 0. The summed E-state index contributed by atoms with van der Waals surface area (Å²) in [5.41, 5.74) is 0. The molecule has 0 radical (unpaired) electrons. The van der Waals surface area contributed by atoms with Crippen molar-refractivity contribution in [2.45, 2.75) is 32.5 Å². The van der Waals surface area contributed by atoms with Crippen LogP contribution in [0.2, 0.25) is 0 Å². The highest BCUT2D eigenvalue weighted by atomic mass is 19.1. The van der Waals surface area contributed by atoms with E-state index in [-0.39, 0.29) is 0 Å². The molecule has 0 aliphatic carbocycles. The highest BCUT2D eigenvalue weighted by molar-refractivity contribution is 4.78. The molecule has 0 atom stereocenters. The van der Waals surface area contributed by atoms with E-state index >= 15 is 0 Å². The largest absolute Gasteiger partial charge is 0.379 e. The minimum Gasteiger partial charge on any atom is -0.379 e. The van der Waals surface area contributed by atoms with E-state index in [0.717, 1.165) is 19.6 Å². The average molecular weight is 175 g/mol. The molecule has 0 spiro atoms. The summed E-state index contributed by atoms with van der Waals surface area (Å²) in [7, 11) is 0. The van der Waals surface area contributed by atoms with Gasteiger partial charge in [-0.3, -0.25) is 4.90 Å². The lowest BCUT2D eigenvalue weighted by Gasteiger charge is -2.34. The predicted octanol–water partition coefficient (Wildman–Crippen LogP) is 1.46. The Labute approximate surface area is 73.7 Å². The Balaban J connectivity index is 1.83. The Morgan fingerprint density at radius 1 is 1.50 bits per heavy atom. The molecule has 2 nitrogen and oxygen atoms in total. The predicted molar refractivity (Wildman–Crippen MR) is 47.0 cm³/mol. The second-order valence-corrected chi connectivity index (χ2v) is 3.63. The van der Waals surface area contributed by atoms with Gasteiger partial charge in [0.15, 0.2) is 0 Å². The van der Waals surface area contributed by atoms with Crippen molar-refractivity contribution in [2.75, 3.05) is 26.2 Å². The average Bonchev–Trinajstić information content (AvgIpc) is 1.93. The van der Waals surface area contributed by atoms with Gasteiger partial charge in [-0.1, -0.05) is 0 Å². The summed E-state index contributed by atoms with van der Waals surface area (Å²) in [5, 5.41) is 0. The molecule has 0 aromatic rings. The molecular formula is C9H18FNO. The molecule has 1 fully saturated rings. The molecule has 0 bridgehead atoms. The number of hydrogen-bond acceptors (Lipinski definition) is 2.